The van der Waals surface area contributed by atoms with E-state index in [9.17, 15) is 19.6 Å². The fourth-order valence-electron chi connectivity index (χ4n) is 5.23. The van der Waals surface area contributed by atoms with Crippen LogP contribution in [0.4, 0.5) is 0 Å². The van der Waals surface area contributed by atoms with Crippen molar-refractivity contribution in [3.8, 4) is 6.07 Å². The molecule has 1 fully saturated rings. The van der Waals surface area contributed by atoms with E-state index in [1.165, 1.54) is 0 Å². The van der Waals surface area contributed by atoms with E-state index in [0.717, 1.165) is 35.2 Å². The molecule has 2 amide bonds. The Morgan fingerprint density at radius 1 is 1.11 bits per heavy atom. The molecule has 1 aromatic heterocycles. The third-order valence-corrected chi connectivity index (χ3v) is 7.37. The Kier molecular flexibility index (Phi) is 7.77. The molecule has 0 saturated carbocycles. The van der Waals surface area contributed by atoms with Crippen molar-refractivity contribution in [3.05, 3.63) is 98.5 Å². The van der Waals surface area contributed by atoms with Crippen LogP contribution in [0, 0.1) is 30.6 Å². The largest absolute Gasteiger partial charge is 0.343 e. The van der Waals surface area contributed by atoms with Gasteiger partial charge in [0.1, 0.15) is 0 Å². The Morgan fingerprint density at radius 2 is 1.84 bits per heavy atom. The molecule has 4 rings (SSSR count). The maximum absolute atomic E-state index is 13.5. The zero-order chi connectivity index (χ0) is 27.4. The average molecular weight is 512 g/mol. The summed E-state index contributed by atoms with van der Waals surface area (Å²) >= 11 is 0. The highest BCUT2D eigenvalue weighted by molar-refractivity contribution is 5.96. The number of nitrogens with one attached hydrogen (secondary N) is 2. The predicted octanol–water partition coefficient (Wildman–Crippen LogP) is 3.99. The van der Waals surface area contributed by atoms with Gasteiger partial charge in [-0.2, -0.15) is 10.4 Å². The second kappa shape index (κ2) is 11.0. The topological polar surface area (TPSA) is 119 Å². The van der Waals surface area contributed by atoms with E-state index < -0.39 is 5.41 Å². The van der Waals surface area contributed by atoms with Crippen molar-refractivity contribution < 1.29 is 9.59 Å². The van der Waals surface area contributed by atoms with E-state index in [-0.39, 0.29) is 36.0 Å². The summed E-state index contributed by atoms with van der Waals surface area (Å²) < 4.78 is 0. The predicted molar refractivity (Wildman–Crippen MR) is 144 cm³/mol. The van der Waals surface area contributed by atoms with Crippen LogP contribution in [0.15, 0.2) is 59.4 Å². The van der Waals surface area contributed by atoms with Crippen LogP contribution in [-0.4, -0.2) is 39.5 Å². The number of nitrogens with zero attached hydrogens (tertiary/aromatic N) is 3. The maximum Gasteiger partial charge on any atom is 0.267 e. The Morgan fingerprint density at radius 3 is 2.53 bits per heavy atom. The third kappa shape index (κ3) is 5.67. The Bertz CT molecular complexity index is 1440. The Labute approximate surface area is 222 Å². The highest BCUT2D eigenvalue weighted by Crippen LogP contribution is 2.43. The van der Waals surface area contributed by atoms with E-state index in [1.807, 2.05) is 64.1 Å². The lowest BCUT2D eigenvalue weighted by atomic mass is 9.84. The van der Waals surface area contributed by atoms with E-state index in [1.54, 1.807) is 23.1 Å². The number of aromatic amines is 1. The van der Waals surface area contributed by atoms with E-state index in [2.05, 4.69) is 21.6 Å². The second-order valence-electron chi connectivity index (χ2n) is 10.5. The number of carbonyl (C=O) groups excluding carboxylic acids is 2. The zero-order valence-corrected chi connectivity index (χ0v) is 22.2. The number of amides is 2. The summed E-state index contributed by atoms with van der Waals surface area (Å²) in [7, 11) is 0. The highest BCUT2D eigenvalue weighted by atomic mass is 16.2. The molecular weight excluding hydrogens is 478 g/mol. The van der Waals surface area contributed by atoms with Crippen LogP contribution in [-0.2, 0) is 11.2 Å². The van der Waals surface area contributed by atoms with Gasteiger partial charge >= 0.3 is 0 Å². The number of nitriles is 1. The number of hydrogen-bond acceptors (Lipinski definition) is 5. The molecule has 1 saturated heterocycles. The normalized spacial score (nSPS) is 17.2. The average Bonchev–Trinajstić information content (AvgIpc) is 3.37. The van der Waals surface area contributed by atoms with Crippen molar-refractivity contribution in [2.24, 2.45) is 5.41 Å². The lowest BCUT2D eigenvalue weighted by Gasteiger charge is -2.36. The summed E-state index contributed by atoms with van der Waals surface area (Å²) in [6.45, 7) is 7.26. The number of aromatic nitrogens is 2. The standard InChI is InChI=1S/C30H33N5O3/c1-19-14-23(11-10-22(19)16-24-15-20(2)33-34-29(24)38)28(37)32-17-27(36)35-25(21-8-6-5-7-9-21)12-13-26(35)30(3,4)18-31/h5-11,14-15,25-26H,12-13,16-17H2,1-4H3,(H,32,37)(H,34,38)/t25-,26?/m0/s1. The first-order chi connectivity index (χ1) is 18.1. The first-order valence-electron chi connectivity index (χ1n) is 12.8. The molecule has 0 radical (unpaired) electrons. The van der Waals surface area contributed by atoms with Crippen LogP contribution in [0.5, 0.6) is 0 Å². The molecule has 0 bridgehead atoms. The van der Waals surface area contributed by atoms with Crippen molar-refractivity contribution in [3.63, 3.8) is 0 Å². The van der Waals surface area contributed by atoms with Crippen LogP contribution < -0.4 is 10.9 Å². The van der Waals surface area contributed by atoms with Gasteiger partial charge in [-0.3, -0.25) is 14.4 Å². The first-order valence-corrected chi connectivity index (χ1v) is 12.8. The van der Waals surface area contributed by atoms with Gasteiger partial charge in [-0.05, 0) is 75.4 Å². The van der Waals surface area contributed by atoms with Crippen molar-refractivity contribution in [2.75, 3.05) is 6.54 Å². The van der Waals surface area contributed by atoms with Gasteiger partial charge in [-0.15, -0.1) is 0 Å². The summed E-state index contributed by atoms with van der Waals surface area (Å²) in [5, 5.41) is 18.9. The quantitative estimate of drug-likeness (QED) is 0.497. The van der Waals surface area contributed by atoms with Gasteiger partial charge in [0.2, 0.25) is 5.91 Å². The maximum atomic E-state index is 13.5. The second-order valence-corrected chi connectivity index (χ2v) is 10.5. The van der Waals surface area contributed by atoms with Gasteiger partial charge < -0.3 is 10.2 Å². The molecule has 1 unspecified atom stereocenters. The summed E-state index contributed by atoms with van der Waals surface area (Å²) in [6, 6.07) is 18.8. The van der Waals surface area contributed by atoms with Crippen LogP contribution in [0.3, 0.4) is 0 Å². The third-order valence-electron chi connectivity index (χ3n) is 7.37. The number of aryl methyl sites for hydroxylation is 2. The van der Waals surface area contributed by atoms with Crippen LogP contribution in [0.1, 0.15) is 71.0 Å². The molecule has 196 valence electrons. The molecule has 2 heterocycles. The Balaban J connectivity index is 1.47. The molecule has 8 nitrogen and oxygen atoms in total. The highest BCUT2D eigenvalue weighted by Gasteiger charge is 2.45. The molecule has 2 atom stereocenters. The monoisotopic (exact) mass is 511 g/mol. The smallest absolute Gasteiger partial charge is 0.267 e. The summed E-state index contributed by atoms with van der Waals surface area (Å²) in [6.07, 6.45) is 1.91. The Hall–Kier alpha value is -4.25. The number of carbonyl (C=O) groups is 2. The van der Waals surface area contributed by atoms with E-state index >= 15 is 0 Å². The molecule has 0 spiro atoms. The zero-order valence-electron chi connectivity index (χ0n) is 22.2. The minimum absolute atomic E-state index is 0.139. The fourth-order valence-corrected chi connectivity index (χ4v) is 5.23. The number of benzene rings is 2. The van der Waals surface area contributed by atoms with Gasteiger partial charge in [-0.25, -0.2) is 5.10 Å². The number of likely N-dealkylation sites (tertiary alicyclic amines) is 1. The van der Waals surface area contributed by atoms with Crippen molar-refractivity contribution in [2.45, 2.75) is 59.0 Å². The van der Waals surface area contributed by atoms with Crippen LogP contribution in [0.2, 0.25) is 0 Å². The van der Waals surface area contributed by atoms with E-state index in [4.69, 9.17) is 0 Å². The molecular formula is C30H33N5O3. The van der Waals surface area contributed by atoms with Gasteiger partial charge in [0.15, 0.2) is 0 Å². The van der Waals surface area contributed by atoms with Gasteiger partial charge in [0.05, 0.1) is 35.8 Å². The van der Waals surface area contributed by atoms with Crippen LogP contribution >= 0.6 is 0 Å². The summed E-state index contributed by atoms with van der Waals surface area (Å²) in [5.74, 6) is -0.559. The minimum atomic E-state index is -0.717. The number of rotatable bonds is 7. The molecule has 3 aromatic rings. The minimum Gasteiger partial charge on any atom is -0.343 e. The molecule has 38 heavy (non-hydrogen) atoms. The van der Waals surface area contributed by atoms with Gasteiger partial charge in [0, 0.05) is 17.5 Å². The SMILES string of the molecule is Cc1cc(Cc2ccc(C(=O)NCC(=O)N3C(C(C)(C)C#N)CC[C@H]3c3ccccc3)cc2C)c(=O)[nH]n1. The van der Waals surface area contributed by atoms with Crippen molar-refractivity contribution in [1.29, 1.82) is 5.26 Å². The molecule has 1 aliphatic rings. The molecule has 8 heteroatoms. The summed E-state index contributed by atoms with van der Waals surface area (Å²) in [4.78, 5) is 40.4. The molecule has 2 N–H and O–H groups in total. The lowest BCUT2D eigenvalue weighted by molar-refractivity contribution is -0.134. The van der Waals surface area contributed by atoms with Gasteiger partial charge in [0.25, 0.3) is 11.5 Å². The van der Waals surface area contributed by atoms with E-state index in [0.29, 0.717) is 17.5 Å². The van der Waals surface area contributed by atoms with Crippen LogP contribution in [0.25, 0.3) is 0 Å². The number of hydrogen-bond donors (Lipinski definition) is 2. The van der Waals surface area contributed by atoms with Gasteiger partial charge in [-0.1, -0.05) is 36.4 Å². The molecule has 0 aliphatic carbocycles. The molecule has 2 aromatic carbocycles. The number of H-pyrrole nitrogens is 1. The summed E-state index contributed by atoms with van der Waals surface area (Å²) in [5.41, 5.74) is 3.65. The fraction of sp³-hybridized carbons (Fsp3) is 0.367. The first kappa shape index (κ1) is 26.8. The lowest BCUT2D eigenvalue weighted by Crippen LogP contribution is -2.48. The molecule has 1 aliphatic heterocycles. The van der Waals surface area contributed by atoms with Crippen molar-refractivity contribution >= 4 is 11.8 Å². The van der Waals surface area contributed by atoms with Crippen molar-refractivity contribution in [1.82, 2.24) is 20.4 Å².